The van der Waals surface area contributed by atoms with Gasteiger partial charge in [0.25, 0.3) is 11.9 Å². The summed E-state index contributed by atoms with van der Waals surface area (Å²) in [4.78, 5) is 15.4. The lowest BCUT2D eigenvalue weighted by Crippen LogP contribution is -2.21. The first-order chi connectivity index (χ1) is 9.04. The molecule has 0 aliphatic heterocycles. The fourth-order valence-electron chi connectivity index (χ4n) is 1.43. The maximum absolute atomic E-state index is 11.6. The Labute approximate surface area is 114 Å². The van der Waals surface area contributed by atoms with Crippen molar-refractivity contribution in [1.82, 2.24) is 10.1 Å². The van der Waals surface area contributed by atoms with Gasteiger partial charge in [0.15, 0.2) is 6.61 Å². The third-order valence-electron chi connectivity index (χ3n) is 2.27. The Kier molecular flexibility index (Phi) is 4.01. The maximum atomic E-state index is 11.6. The van der Waals surface area contributed by atoms with Crippen LogP contribution in [0.4, 0.5) is 5.95 Å². The van der Waals surface area contributed by atoms with E-state index in [1.54, 1.807) is 25.1 Å². The van der Waals surface area contributed by atoms with E-state index in [2.05, 4.69) is 15.5 Å². The van der Waals surface area contributed by atoms with Crippen molar-refractivity contribution >= 4 is 23.5 Å². The van der Waals surface area contributed by atoms with E-state index in [-0.39, 0.29) is 18.5 Å². The number of hydrogen-bond donors (Lipinski definition) is 1. The van der Waals surface area contributed by atoms with Crippen LogP contribution in [0.1, 0.15) is 11.5 Å². The van der Waals surface area contributed by atoms with Crippen LogP contribution >= 0.6 is 11.6 Å². The number of nitrogens with one attached hydrogen (secondary N) is 1. The molecule has 1 aromatic carbocycles. The molecule has 2 rings (SSSR count). The van der Waals surface area contributed by atoms with Crippen molar-refractivity contribution in [2.75, 3.05) is 11.9 Å². The van der Waals surface area contributed by atoms with Crippen molar-refractivity contribution in [3.8, 4) is 5.75 Å². The zero-order chi connectivity index (χ0) is 13.8. The maximum Gasteiger partial charge on any atom is 0.270 e. The molecule has 0 spiro atoms. The van der Waals surface area contributed by atoms with E-state index >= 15 is 0 Å². The molecule has 0 fully saturated rings. The number of benzene rings is 1. The predicted octanol–water partition coefficient (Wildman–Crippen LogP) is 2.36. The molecule has 6 nitrogen and oxygen atoms in total. The summed E-state index contributed by atoms with van der Waals surface area (Å²) >= 11 is 5.83. The molecule has 1 amide bonds. The van der Waals surface area contributed by atoms with E-state index in [4.69, 9.17) is 20.9 Å². The number of aromatic nitrogens is 2. The van der Waals surface area contributed by atoms with Gasteiger partial charge in [-0.05, 0) is 35.8 Å². The van der Waals surface area contributed by atoms with Gasteiger partial charge < -0.3 is 9.26 Å². The van der Waals surface area contributed by atoms with Gasteiger partial charge >= 0.3 is 0 Å². The van der Waals surface area contributed by atoms with Crippen LogP contribution in [0.25, 0.3) is 0 Å². The van der Waals surface area contributed by atoms with Gasteiger partial charge in [-0.15, -0.1) is 0 Å². The molecule has 2 aromatic rings. The minimum absolute atomic E-state index is 0.124. The molecule has 0 bridgehead atoms. The number of nitrogens with zero attached hydrogens (tertiary/aromatic N) is 2. The van der Waals surface area contributed by atoms with Crippen molar-refractivity contribution in [3.05, 3.63) is 34.7 Å². The van der Waals surface area contributed by atoms with Crippen LogP contribution in [0.3, 0.4) is 0 Å². The standard InChI is InChI=1S/C12H12ClN3O3/c1-7-5-9(13)3-4-10(7)18-6-11(17)15-12-14-8(2)19-16-12/h3-5H,6H2,1-2H3,(H,15,16,17). The Morgan fingerprint density at radius 1 is 1.47 bits per heavy atom. The van der Waals surface area contributed by atoms with E-state index in [9.17, 15) is 4.79 Å². The zero-order valence-electron chi connectivity index (χ0n) is 10.4. The van der Waals surface area contributed by atoms with Gasteiger partial charge in [-0.3, -0.25) is 10.1 Å². The third kappa shape index (κ3) is 3.69. The molecule has 7 heteroatoms. The van der Waals surface area contributed by atoms with Crippen LogP contribution in [0, 0.1) is 13.8 Å². The summed E-state index contributed by atoms with van der Waals surface area (Å²) in [7, 11) is 0. The number of carbonyl (C=O) groups excluding carboxylic acids is 1. The van der Waals surface area contributed by atoms with E-state index in [0.29, 0.717) is 16.7 Å². The molecule has 0 unspecified atom stereocenters. The number of rotatable bonds is 4. The Morgan fingerprint density at radius 3 is 2.89 bits per heavy atom. The van der Waals surface area contributed by atoms with E-state index in [0.717, 1.165) is 5.56 Å². The SMILES string of the molecule is Cc1nc(NC(=O)COc2ccc(Cl)cc2C)no1. The lowest BCUT2D eigenvalue weighted by molar-refractivity contribution is -0.118. The van der Waals surface area contributed by atoms with Crippen LogP contribution in [-0.2, 0) is 4.79 Å². The van der Waals surface area contributed by atoms with E-state index in [1.165, 1.54) is 0 Å². The molecule has 1 heterocycles. The average molecular weight is 282 g/mol. The lowest BCUT2D eigenvalue weighted by Gasteiger charge is -2.08. The Hall–Kier alpha value is -2.08. The van der Waals surface area contributed by atoms with Gasteiger partial charge in [0.2, 0.25) is 5.89 Å². The predicted molar refractivity (Wildman–Crippen MR) is 69.3 cm³/mol. The average Bonchev–Trinajstić information content (AvgIpc) is 2.73. The van der Waals surface area contributed by atoms with E-state index < -0.39 is 0 Å². The van der Waals surface area contributed by atoms with Gasteiger partial charge in [-0.1, -0.05) is 11.6 Å². The summed E-state index contributed by atoms with van der Waals surface area (Å²) in [6, 6.07) is 5.17. The molecule has 0 saturated carbocycles. The largest absolute Gasteiger partial charge is 0.483 e. The second-order valence-electron chi connectivity index (χ2n) is 3.88. The monoisotopic (exact) mass is 281 g/mol. The number of carbonyl (C=O) groups is 1. The first-order valence-corrected chi connectivity index (χ1v) is 5.91. The fourth-order valence-corrected chi connectivity index (χ4v) is 1.66. The Morgan fingerprint density at radius 2 is 2.26 bits per heavy atom. The molecule has 0 aliphatic rings. The third-order valence-corrected chi connectivity index (χ3v) is 2.51. The molecular weight excluding hydrogens is 270 g/mol. The van der Waals surface area contributed by atoms with Crippen molar-refractivity contribution in [3.63, 3.8) is 0 Å². The smallest absolute Gasteiger partial charge is 0.270 e. The summed E-state index contributed by atoms with van der Waals surface area (Å²) in [5, 5.41) is 6.63. The summed E-state index contributed by atoms with van der Waals surface area (Å²) in [5.41, 5.74) is 0.857. The molecule has 0 aliphatic carbocycles. The number of hydrogen-bond acceptors (Lipinski definition) is 5. The highest BCUT2D eigenvalue weighted by Gasteiger charge is 2.09. The number of ether oxygens (including phenoxy) is 1. The molecule has 1 N–H and O–H groups in total. The molecule has 0 saturated heterocycles. The lowest BCUT2D eigenvalue weighted by atomic mass is 10.2. The van der Waals surface area contributed by atoms with Gasteiger partial charge in [0.1, 0.15) is 5.75 Å². The van der Waals surface area contributed by atoms with Gasteiger partial charge in [-0.2, -0.15) is 4.98 Å². The van der Waals surface area contributed by atoms with E-state index in [1.807, 2.05) is 6.92 Å². The first kappa shape index (κ1) is 13.4. The van der Waals surface area contributed by atoms with Crippen LogP contribution in [-0.4, -0.2) is 22.7 Å². The second kappa shape index (κ2) is 5.71. The zero-order valence-corrected chi connectivity index (χ0v) is 11.2. The summed E-state index contributed by atoms with van der Waals surface area (Å²) in [6.07, 6.45) is 0. The van der Waals surface area contributed by atoms with Crippen molar-refractivity contribution in [2.45, 2.75) is 13.8 Å². The number of anilines is 1. The molecular formula is C12H12ClN3O3. The Balaban J connectivity index is 1.89. The minimum atomic E-state index is -0.366. The molecule has 0 radical (unpaired) electrons. The van der Waals surface area contributed by atoms with Crippen LogP contribution in [0.15, 0.2) is 22.7 Å². The summed E-state index contributed by atoms with van der Waals surface area (Å²) < 4.78 is 10.1. The quantitative estimate of drug-likeness (QED) is 0.931. The topological polar surface area (TPSA) is 77.2 Å². The van der Waals surface area contributed by atoms with Crippen molar-refractivity contribution in [1.29, 1.82) is 0 Å². The number of aryl methyl sites for hydroxylation is 2. The first-order valence-electron chi connectivity index (χ1n) is 5.54. The molecule has 19 heavy (non-hydrogen) atoms. The minimum Gasteiger partial charge on any atom is -0.483 e. The second-order valence-corrected chi connectivity index (χ2v) is 4.32. The fraction of sp³-hybridized carbons (Fsp3) is 0.250. The van der Waals surface area contributed by atoms with Gasteiger partial charge in [0.05, 0.1) is 0 Å². The number of amides is 1. The van der Waals surface area contributed by atoms with Crippen LogP contribution in [0.2, 0.25) is 5.02 Å². The normalized spacial score (nSPS) is 10.3. The number of halogens is 1. The Bertz CT molecular complexity index is 598. The highest BCUT2D eigenvalue weighted by atomic mass is 35.5. The summed E-state index contributed by atoms with van der Waals surface area (Å²) in [5.74, 6) is 0.739. The highest BCUT2D eigenvalue weighted by Crippen LogP contribution is 2.21. The molecule has 100 valence electrons. The van der Waals surface area contributed by atoms with Gasteiger partial charge in [-0.25, -0.2) is 0 Å². The van der Waals surface area contributed by atoms with Crippen LogP contribution in [0.5, 0.6) is 5.75 Å². The van der Waals surface area contributed by atoms with Gasteiger partial charge in [0, 0.05) is 11.9 Å². The summed E-state index contributed by atoms with van der Waals surface area (Å²) in [6.45, 7) is 3.34. The highest BCUT2D eigenvalue weighted by molar-refractivity contribution is 6.30. The van der Waals surface area contributed by atoms with Crippen molar-refractivity contribution < 1.29 is 14.1 Å². The molecule has 1 aromatic heterocycles. The van der Waals surface area contributed by atoms with Crippen LogP contribution < -0.4 is 10.1 Å². The molecule has 0 atom stereocenters. The van der Waals surface area contributed by atoms with Crippen molar-refractivity contribution in [2.24, 2.45) is 0 Å².